The third-order valence-corrected chi connectivity index (χ3v) is 3.04. The molecule has 17 heavy (non-hydrogen) atoms. The molecule has 0 saturated carbocycles. The lowest BCUT2D eigenvalue weighted by molar-refractivity contribution is 0.322. The van der Waals surface area contributed by atoms with Crippen molar-refractivity contribution in [1.29, 1.82) is 0 Å². The Bertz CT molecular complexity index is 328. The van der Waals surface area contributed by atoms with Gasteiger partial charge in [0.05, 0.1) is 0 Å². The summed E-state index contributed by atoms with van der Waals surface area (Å²) >= 11 is 0. The summed E-state index contributed by atoms with van der Waals surface area (Å²) in [6.45, 7) is 7.18. The van der Waals surface area contributed by atoms with Gasteiger partial charge in [-0.1, -0.05) is 26.0 Å². The molecule has 1 aromatic carbocycles. The van der Waals surface area contributed by atoms with Crippen LogP contribution in [0.25, 0.3) is 0 Å². The van der Waals surface area contributed by atoms with Crippen molar-refractivity contribution in [1.82, 2.24) is 10.2 Å². The van der Waals surface area contributed by atoms with E-state index in [1.54, 1.807) is 12.1 Å². The Morgan fingerprint density at radius 2 is 2.12 bits per heavy atom. The van der Waals surface area contributed by atoms with Gasteiger partial charge in [0.1, 0.15) is 5.82 Å². The molecule has 1 unspecified atom stereocenters. The van der Waals surface area contributed by atoms with Crippen molar-refractivity contribution >= 4 is 0 Å². The molecule has 2 nitrogen and oxygen atoms in total. The maximum atomic E-state index is 13.2. The highest BCUT2D eigenvalue weighted by Gasteiger charge is 2.11. The molecule has 0 fully saturated rings. The van der Waals surface area contributed by atoms with Crippen LogP contribution in [-0.2, 0) is 0 Å². The monoisotopic (exact) mass is 238 g/mol. The number of rotatable bonds is 7. The number of nitrogens with zero attached hydrogens (tertiary/aromatic N) is 1. The molecule has 0 aliphatic rings. The standard InChI is InChI=1S/C14H23FN2/c1-4-16-14(9-10-17(3)5-2)12-7-6-8-13(15)11-12/h6-8,11,14,16H,4-5,9-10H2,1-3H3. The molecular weight excluding hydrogens is 215 g/mol. The third kappa shape index (κ3) is 4.84. The first-order valence-electron chi connectivity index (χ1n) is 6.34. The van der Waals surface area contributed by atoms with Crippen LogP contribution in [0.3, 0.4) is 0 Å². The first-order chi connectivity index (χ1) is 8.17. The van der Waals surface area contributed by atoms with Gasteiger partial charge in [0.2, 0.25) is 0 Å². The molecule has 0 bridgehead atoms. The molecule has 0 aliphatic carbocycles. The molecule has 0 spiro atoms. The van der Waals surface area contributed by atoms with Gasteiger partial charge < -0.3 is 10.2 Å². The number of hydrogen-bond acceptors (Lipinski definition) is 2. The fourth-order valence-corrected chi connectivity index (χ4v) is 1.86. The van der Waals surface area contributed by atoms with Crippen LogP contribution >= 0.6 is 0 Å². The van der Waals surface area contributed by atoms with Crippen LogP contribution in [-0.4, -0.2) is 31.6 Å². The summed E-state index contributed by atoms with van der Waals surface area (Å²) in [6.07, 6.45) is 1.00. The first kappa shape index (κ1) is 14.1. The smallest absolute Gasteiger partial charge is 0.123 e. The highest BCUT2D eigenvalue weighted by molar-refractivity contribution is 5.20. The van der Waals surface area contributed by atoms with E-state index in [2.05, 4.69) is 31.1 Å². The molecule has 1 rings (SSSR count). The van der Waals surface area contributed by atoms with Crippen molar-refractivity contribution in [3.8, 4) is 0 Å². The molecule has 1 atom stereocenters. The molecular formula is C14H23FN2. The van der Waals surface area contributed by atoms with Gasteiger partial charge in [0.25, 0.3) is 0 Å². The van der Waals surface area contributed by atoms with Gasteiger partial charge >= 0.3 is 0 Å². The predicted molar refractivity (Wildman–Crippen MR) is 70.6 cm³/mol. The molecule has 1 aromatic rings. The van der Waals surface area contributed by atoms with Gasteiger partial charge in [-0.25, -0.2) is 4.39 Å². The largest absolute Gasteiger partial charge is 0.310 e. The molecule has 96 valence electrons. The fraction of sp³-hybridized carbons (Fsp3) is 0.571. The Labute approximate surface area is 104 Å². The maximum absolute atomic E-state index is 13.2. The number of halogens is 1. The summed E-state index contributed by atoms with van der Waals surface area (Å²) in [5, 5.41) is 3.41. The van der Waals surface area contributed by atoms with Gasteiger partial charge in [0, 0.05) is 6.04 Å². The predicted octanol–water partition coefficient (Wildman–Crippen LogP) is 2.82. The average molecular weight is 238 g/mol. The van der Waals surface area contributed by atoms with E-state index in [1.165, 1.54) is 6.07 Å². The Kier molecular flexibility index (Phi) is 6.16. The second kappa shape index (κ2) is 7.41. The van der Waals surface area contributed by atoms with Crippen molar-refractivity contribution in [2.75, 3.05) is 26.7 Å². The molecule has 3 heteroatoms. The van der Waals surface area contributed by atoms with E-state index in [-0.39, 0.29) is 11.9 Å². The van der Waals surface area contributed by atoms with Crippen LogP contribution in [0.2, 0.25) is 0 Å². The zero-order valence-electron chi connectivity index (χ0n) is 11.0. The Morgan fingerprint density at radius 3 is 2.71 bits per heavy atom. The van der Waals surface area contributed by atoms with Crippen molar-refractivity contribution < 1.29 is 4.39 Å². The van der Waals surface area contributed by atoms with E-state index in [9.17, 15) is 4.39 Å². The summed E-state index contributed by atoms with van der Waals surface area (Å²) < 4.78 is 13.2. The summed E-state index contributed by atoms with van der Waals surface area (Å²) in [7, 11) is 2.11. The lowest BCUT2D eigenvalue weighted by Crippen LogP contribution is -2.27. The van der Waals surface area contributed by atoms with E-state index in [4.69, 9.17) is 0 Å². The highest BCUT2D eigenvalue weighted by Crippen LogP contribution is 2.17. The van der Waals surface area contributed by atoms with Crippen LogP contribution < -0.4 is 5.32 Å². The topological polar surface area (TPSA) is 15.3 Å². The minimum Gasteiger partial charge on any atom is -0.310 e. The minimum atomic E-state index is -0.158. The second-order valence-corrected chi connectivity index (χ2v) is 4.35. The number of hydrogen-bond donors (Lipinski definition) is 1. The van der Waals surface area contributed by atoms with Crippen LogP contribution in [0.15, 0.2) is 24.3 Å². The van der Waals surface area contributed by atoms with Gasteiger partial charge in [-0.2, -0.15) is 0 Å². The van der Waals surface area contributed by atoms with Gasteiger partial charge in [-0.3, -0.25) is 0 Å². The third-order valence-electron chi connectivity index (χ3n) is 3.04. The van der Waals surface area contributed by atoms with Gasteiger partial charge in [-0.05, 0) is 50.8 Å². The molecule has 0 saturated heterocycles. The molecule has 0 aliphatic heterocycles. The Balaban J connectivity index is 2.64. The molecule has 0 radical (unpaired) electrons. The normalized spacial score (nSPS) is 13.0. The summed E-state index contributed by atoms with van der Waals surface area (Å²) in [5.74, 6) is -0.158. The second-order valence-electron chi connectivity index (χ2n) is 4.35. The van der Waals surface area contributed by atoms with Crippen LogP contribution in [0, 0.1) is 5.82 Å². The van der Waals surface area contributed by atoms with E-state index in [0.717, 1.165) is 31.6 Å². The van der Waals surface area contributed by atoms with Gasteiger partial charge in [0.15, 0.2) is 0 Å². The number of nitrogens with one attached hydrogen (secondary N) is 1. The zero-order chi connectivity index (χ0) is 12.7. The van der Waals surface area contributed by atoms with Crippen molar-refractivity contribution in [3.63, 3.8) is 0 Å². The lowest BCUT2D eigenvalue weighted by atomic mass is 10.0. The van der Waals surface area contributed by atoms with E-state index < -0.39 is 0 Å². The maximum Gasteiger partial charge on any atom is 0.123 e. The van der Waals surface area contributed by atoms with Crippen LogP contribution in [0.1, 0.15) is 31.9 Å². The Hall–Kier alpha value is -0.930. The van der Waals surface area contributed by atoms with Crippen LogP contribution in [0.4, 0.5) is 4.39 Å². The van der Waals surface area contributed by atoms with Crippen molar-refractivity contribution in [3.05, 3.63) is 35.6 Å². The fourth-order valence-electron chi connectivity index (χ4n) is 1.86. The molecule has 0 heterocycles. The minimum absolute atomic E-state index is 0.158. The van der Waals surface area contributed by atoms with Crippen LogP contribution in [0.5, 0.6) is 0 Å². The first-order valence-corrected chi connectivity index (χ1v) is 6.34. The number of benzene rings is 1. The lowest BCUT2D eigenvalue weighted by Gasteiger charge is -2.21. The Morgan fingerprint density at radius 1 is 1.35 bits per heavy atom. The SMILES string of the molecule is CCNC(CCN(C)CC)c1cccc(F)c1. The highest BCUT2D eigenvalue weighted by atomic mass is 19.1. The summed E-state index contributed by atoms with van der Waals surface area (Å²) in [4.78, 5) is 2.27. The quantitative estimate of drug-likeness (QED) is 0.786. The van der Waals surface area contributed by atoms with E-state index >= 15 is 0 Å². The summed E-state index contributed by atoms with van der Waals surface area (Å²) in [6, 6.07) is 7.12. The molecule has 0 aromatic heterocycles. The molecule has 0 amide bonds. The van der Waals surface area contributed by atoms with E-state index in [1.807, 2.05) is 6.07 Å². The van der Waals surface area contributed by atoms with Gasteiger partial charge in [-0.15, -0.1) is 0 Å². The van der Waals surface area contributed by atoms with E-state index in [0.29, 0.717) is 0 Å². The van der Waals surface area contributed by atoms with Crippen molar-refractivity contribution in [2.45, 2.75) is 26.3 Å². The average Bonchev–Trinajstić information content (AvgIpc) is 2.34. The van der Waals surface area contributed by atoms with Crippen molar-refractivity contribution in [2.24, 2.45) is 0 Å². The summed E-state index contributed by atoms with van der Waals surface area (Å²) in [5.41, 5.74) is 1.04. The zero-order valence-corrected chi connectivity index (χ0v) is 11.0. The molecule has 1 N–H and O–H groups in total.